The van der Waals surface area contributed by atoms with Crippen LogP contribution < -0.4 is 0 Å². The summed E-state index contributed by atoms with van der Waals surface area (Å²) in [6.07, 6.45) is -1.28. The molecule has 0 unspecified atom stereocenters. The van der Waals surface area contributed by atoms with Gasteiger partial charge in [-0.25, -0.2) is 9.18 Å². The molecule has 0 spiro atoms. The fourth-order valence-corrected chi connectivity index (χ4v) is 3.04. The zero-order chi connectivity index (χ0) is 17.0. The van der Waals surface area contributed by atoms with Crippen molar-refractivity contribution in [2.24, 2.45) is 0 Å². The van der Waals surface area contributed by atoms with E-state index in [1.807, 2.05) is 27.7 Å². The van der Waals surface area contributed by atoms with Crippen LogP contribution in [0.15, 0.2) is 12.1 Å². The first-order valence-electron chi connectivity index (χ1n) is 7.76. The second-order valence-electron chi connectivity index (χ2n) is 7.14. The van der Waals surface area contributed by atoms with Crippen molar-refractivity contribution in [3.8, 4) is 0 Å². The predicted molar refractivity (Wildman–Crippen MR) is 81.6 cm³/mol. The minimum absolute atomic E-state index is 0.261. The van der Waals surface area contributed by atoms with Gasteiger partial charge in [0.25, 0.3) is 0 Å². The molecule has 0 aliphatic carbocycles. The molecular formula is C17H22FNO4. The van der Waals surface area contributed by atoms with E-state index < -0.39 is 23.6 Å². The molecule has 5 nitrogen and oxygen atoms in total. The average Bonchev–Trinajstić information content (AvgIpc) is 2.66. The lowest BCUT2D eigenvalue weighted by atomic mass is 9.90. The molecule has 126 valence electrons. The van der Waals surface area contributed by atoms with Gasteiger partial charge < -0.3 is 19.5 Å². The van der Waals surface area contributed by atoms with E-state index in [0.717, 1.165) is 11.1 Å². The molecule has 1 N–H and O–H groups in total. The summed E-state index contributed by atoms with van der Waals surface area (Å²) in [4.78, 5) is 12.5. The van der Waals surface area contributed by atoms with Crippen LogP contribution in [0.25, 0.3) is 0 Å². The van der Waals surface area contributed by atoms with Gasteiger partial charge in [-0.2, -0.15) is 0 Å². The van der Waals surface area contributed by atoms with Gasteiger partial charge in [0.1, 0.15) is 5.82 Å². The van der Waals surface area contributed by atoms with Crippen LogP contribution in [0.5, 0.6) is 0 Å². The van der Waals surface area contributed by atoms with Crippen molar-refractivity contribution in [1.29, 1.82) is 0 Å². The lowest BCUT2D eigenvalue weighted by Gasteiger charge is -2.30. The first kappa shape index (κ1) is 16.2. The maximum atomic E-state index is 14.5. The molecule has 1 aromatic rings. The van der Waals surface area contributed by atoms with Crippen molar-refractivity contribution in [2.45, 2.75) is 58.2 Å². The SMILES string of the molecule is CC1(C)OC(c2c(F)ccc3c2CCN(C(=O)O)C3)OC1(C)C. The first-order chi connectivity index (χ1) is 10.6. The van der Waals surface area contributed by atoms with E-state index in [1.165, 1.54) is 11.0 Å². The summed E-state index contributed by atoms with van der Waals surface area (Å²) in [5, 5.41) is 9.14. The van der Waals surface area contributed by atoms with Crippen LogP contribution in [0.2, 0.25) is 0 Å². The topological polar surface area (TPSA) is 59.0 Å². The van der Waals surface area contributed by atoms with Gasteiger partial charge in [-0.3, -0.25) is 0 Å². The molecule has 2 aliphatic heterocycles. The van der Waals surface area contributed by atoms with Gasteiger partial charge in [0.15, 0.2) is 6.29 Å². The van der Waals surface area contributed by atoms with Crippen LogP contribution in [0.3, 0.4) is 0 Å². The maximum Gasteiger partial charge on any atom is 0.407 e. The van der Waals surface area contributed by atoms with Crippen molar-refractivity contribution in [1.82, 2.24) is 4.90 Å². The molecule has 23 heavy (non-hydrogen) atoms. The molecule has 2 aliphatic rings. The molecule has 0 radical (unpaired) electrons. The van der Waals surface area contributed by atoms with E-state index in [2.05, 4.69) is 0 Å². The summed E-state index contributed by atoms with van der Waals surface area (Å²) in [5.74, 6) is -0.369. The number of nitrogens with zero attached hydrogens (tertiary/aromatic N) is 1. The molecule has 1 aromatic carbocycles. The summed E-state index contributed by atoms with van der Waals surface area (Å²) in [6.45, 7) is 8.30. The standard InChI is InChI=1S/C17H22FNO4/c1-16(2)17(3,4)23-14(22-16)13-11-7-8-19(15(20)21)9-10(11)5-6-12(13)18/h5-6,14H,7-9H2,1-4H3,(H,20,21). The molecule has 6 heteroatoms. The maximum absolute atomic E-state index is 14.5. The number of benzene rings is 1. The lowest BCUT2D eigenvalue weighted by molar-refractivity contribution is -0.0921. The number of fused-ring (bicyclic) bond motifs is 1. The van der Waals surface area contributed by atoms with Crippen molar-refractivity contribution in [2.75, 3.05) is 6.54 Å². The Kier molecular flexibility index (Phi) is 3.65. The zero-order valence-corrected chi connectivity index (χ0v) is 13.9. The van der Waals surface area contributed by atoms with E-state index in [-0.39, 0.29) is 12.4 Å². The smallest absolute Gasteiger partial charge is 0.407 e. The molecule has 3 rings (SSSR count). The lowest BCUT2D eigenvalue weighted by Crippen LogP contribution is -2.41. The van der Waals surface area contributed by atoms with E-state index in [9.17, 15) is 9.18 Å². The van der Waals surface area contributed by atoms with Crippen LogP contribution in [-0.4, -0.2) is 33.8 Å². The normalized spacial score (nSPS) is 22.9. The van der Waals surface area contributed by atoms with E-state index in [4.69, 9.17) is 14.6 Å². The van der Waals surface area contributed by atoms with Crippen LogP contribution in [0.1, 0.15) is 50.7 Å². The third kappa shape index (κ3) is 2.60. The van der Waals surface area contributed by atoms with Gasteiger partial charge >= 0.3 is 6.09 Å². The van der Waals surface area contributed by atoms with Crippen molar-refractivity contribution < 1.29 is 23.8 Å². The average molecular weight is 323 g/mol. The number of hydrogen-bond acceptors (Lipinski definition) is 3. The highest BCUT2D eigenvalue weighted by molar-refractivity contribution is 5.65. The fraction of sp³-hybridized carbons (Fsp3) is 0.588. The minimum atomic E-state index is -0.961. The minimum Gasteiger partial charge on any atom is -0.465 e. The highest BCUT2D eigenvalue weighted by Crippen LogP contribution is 2.46. The molecule has 0 aromatic heterocycles. The largest absolute Gasteiger partial charge is 0.465 e. The van der Waals surface area contributed by atoms with Crippen molar-refractivity contribution in [3.63, 3.8) is 0 Å². The Bertz CT molecular complexity index is 640. The predicted octanol–water partition coefficient (Wildman–Crippen LogP) is 3.46. The highest BCUT2D eigenvalue weighted by Gasteiger charge is 2.50. The van der Waals surface area contributed by atoms with Gasteiger partial charge in [-0.15, -0.1) is 0 Å². The zero-order valence-electron chi connectivity index (χ0n) is 13.9. The second-order valence-corrected chi connectivity index (χ2v) is 7.14. The number of hydrogen-bond donors (Lipinski definition) is 1. The fourth-order valence-electron chi connectivity index (χ4n) is 3.04. The number of carboxylic acid groups (broad SMARTS) is 1. The Balaban J connectivity index is 1.99. The number of rotatable bonds is 1. The number of carbonyl (C=O) groups is 1. The van der Waals surface area contributed by atoms with E-state index >= 15 is 0 Å². The number of ether oxygens (including phenoxy) is 2. The summed E-state index contributed by atoms with van der Waals surface area (Å²) in [5.41, 5.74) is 0.931. The van der Waals surface area contributed by atoms with Gasteiger partial charge in [0.2, 0.25) is 0 Å². The van der Waals surface area contributed by atoms with Crippen LogP contribution in [0.4, 0.5) is 9.18 Å². The number of halogens is 1. The van der Waals surface area contributed by atoms with Gasteiger partial charge in [-0.1, -0.05) is 6.07 Å². The Hall–Kier alpha value is -1.66. The summed E-state index contributed by atoms with van der Waals surface area (Å²) < 4.78 is 26.5. The van der Waals surface area contributed by atoms with Crippen LogP contribution in [0, 0.1) is 5.82 Å². The quantitative estimate of drug-likeness (QED) is 0.860. The summed E-state index contributed by atoms with van der Waals surface area (Å²) >= 11 is 0. The highest BCUT2D eigenvalue weighted by atomic mass is 19.1. The number of amides is 1. The van der Waals surface area contributed by atoms with Crippen molar-refractivity contribution in [3.05, 3.63) is 34.6 Å². The third-order valence-electron chi connectivity index (χ3n) is 5.15. The van der Waals surface area contributed by atoms with Gasteiger partial charge in [-0.05, 0) is 51.3 Å². The van der Waals surface area contributed by atoms with E-state index in [1.54, 1.807) is 6.07 Å². The molecule has 0 bridgehead atoms. The molecule has 2 heterocycles. The molecule has 0 atom stereocenters. The van der Waals surface area contributed by atoms with Crippen molar-refractivity contribution >= 4 is 6.09 Å². The van der Waals surface area contributed by atoms with Crippen LogP contribution >= 0.6 is 0 Å². The third-order valence-corrected chi connectivity index (χ3v) is 5.15. The van der Waals surface area contributed by atoms with Gasteiger partial charge in [0, 0.05) is 18.7 Å². The second kappa shape index (κ2) is 5.18. The molecular weight excluding hydrogens is 301 g/mol. The Labute approximate surface area is 135 Å². The Morgan fingerprint density at radius 1 is 1.26 bits per heavy atom. The molecule has 0 saturated carbocycles. The van der Waals surface area contributed by atoms with Gasteiger partial charge in [0.05, 0.1) is 11.2 Å². The molecule has 1 fully saturated rings. The summed E-state index contributed by atoms with van der Waals surface area (Å²) in [6, 6.07) is 3.01. The Morgan fingerprint density at radius 3 is 2.43 bits per heavy atom. The molecule has 1 saturated heterocycles. The Morgan fingerprint density at radius 2 is 1.87 bits per heavy atom. The molecule has 1 amide bonds. The summed E-state index contributed by atoms with van der Waals surface area (Å²) in [7, 11) is 0. The van der Waals surface area contributed by atoms with E-state index in [0.29, 0.717) is 18.5 Å². The monoisotopic (exact) mass is 323 g/mol. The van der Waals surface area contributed by atoms with Crippen LogP contribution in [-0.2, 0) is 22.4 Å². The first-order valence-corrected chi connectivity index (χ1v) is 7.76.